The molecule has 0 radical (unpaired) electrons. The fourth-order valence-corrected chi connectivity index (χ4v) is 4.22. The van der Waals surface area contributed by atoms with Gasteiger partial charge in [0.25, 0.3) is 5.92 Å². The SMILES string of the molecule is CCC(F)(F)c1ccc(-c2c(C)cc(NC(=O)C3(c4ccc(F)cc4F)CC3)cc2C(=O)O)cn1. The molecule has 0 spiro atoms. The summed E-state index contributed by atoms with van der Waals surface area (Å²) in [6.07, 6.45) is 1.51. The van der Waals surface area contributed by atoms with Gasteiger partial charge in [0.05, 0.1) is 11.0 Å². The van der Waals surface area contributed by atoms with Crippen LogP contribution in [-0.2, 0) is 16.1 Å². The van der Waals surface area contributed by atoms with Gasteiger partial charge < -0.3 is 10.4 Å². The van der Waals surface area contributed by atoms with Crippen molar-refractivity contribution in [1.82, 2.24) is 4.98 Å². The summed E-state index contributed by atoms with van der Waals surface area (Å²) in [6, 6.07) is 8.40. The van der Waals surface area contributed by atoms with Gasteiger partial charge in [0.15, 0.2) is 0 Å². The largest absolute Gasteiger partial charge is 0.478 e. The molecule has 1 aliphatic carbocycles. The second kappa shape index (κ2) is 8.79. The van der Waals surface area contributed by atoms with Crippen molar-refractivity contribution in [3.8, 4) is 11.1 Å². The first-order valence-corrected chi connectivity index (χ1v) is 11.0. The summed E-state index contributed by atoms with van der Waals surface area (Å²) in [5, 5.41) is 12.5. The number of aromatic nitrogens is 1. The molecule has 2 aromatic carbocycles. The molecule has 4 rings (SSSR count). The number of hydrogen-bond donors (Lipinski definition) is 2. The number of aryl methyl sites for hydroxylation is 1. The van der Waals surface area contributed by atoms with Gasteiger partial charge in [-0.25, -0.2) is 13.6 Å². The van der Waals surface area contributed by atoms with Crippen molar-refractivity contribution in [1.29, 1.82) is 0 Å². The predicted molar refractivity (Wildman–Crippen MR) is 121 cm³/mol. The summed E-state index contributed by atoms with van der Waals surface area (Å²) in [5.41, 5.74) is -0.379. The van der Waals surface area contributed by atoms with Crippen LogP contribution in [0.4, 0.5) is 23.2 Å². The van der Waals surface area contributed by atoms with Crippen LogP contribution in [0.15, 0.2) is 48.7 Å². The average molecular weight is 486 g/mol. The number of halogens is 4. The van der Waals surface area contributed by atoms with Crippen molar-refractivity contribution in [2.45, 2.75) is 44.4 Å². The topological polar surface area (TPSA) is 79.3 Å². The average Bonchev–Trinajstić information content (AvgIpc) is 3.60. The van der Waals surface area contributed by atoms with Gasteiger partial charge in [0, 0.05) is 41.1 Å². The van der Waals surface area contributed by atoms with Crippen molar-refractivity contribution in [2.75, 3.05) is 5.32 Å². The Hall–Kier alpha value is -3.75. The van der Waals surface area contributed by atoms with Crippen molar-refractivity contribution in [2.24, 2.45) is 0 Å². The van der Waals surface area contributed by atoms with E-state index in [1.807, 2.05) is 0 Å². The van der Waals surface area contributed by atoms with Crippen LogP contribution in [-0.4, -0.2) is 22.0 Å². The lowest BCUT2D eigenvalue weighted by atomic mass is 9.93. The molecule has 3 aromatic rings. The molecule has 1 saturated carbocycles. The molecule has 0 aliphatic heterocycles. The number of amides is 1. The molecule has 1 amide bonds. The van der Waals surface area contributed by atoms with Gasteiger partial charge in [0.1, 0.15) is 17.3 Å². The Labute approximate surface area is 198 Å². The first kappa shape index (κ1) is 24.4. The highest BCUT2D eigenvalue weighted by molar-refractivity contribution is 6.04. The molecule has 9 heteroatoms. The van der Waals surface area contributed by atoms with Gasteiger partial charge in [-0.1, -0.05) is 19.1 Å². The van der Waals surface area contributed by atoms with Crippen molar-refractivity contribution in [3.63, 3.8) is 0 Å². The zero-order valence-electron chi connectivity index (χ0n) is 19.0. The van der Waals surface area contributed by atoms with E-state index in [0.29, 0.717) is 24.0 Å². The molecule has 0 atom stereocenters. The second-order valence-corrected chi connectivity index (χ2v) is 8.67. The van der Waals surface area contributed by atoms with E-state index >= 15 is 0 Å². The molecule has 1 aromatic heterocycles. The Balaban J connectivity index is 1.66. The van der Waals surface area contributed by atoms with Crippen LogP contribution in [0.3, 0.4) is 0 Å². The Bertz CT molecular complexity index is 1320. The lowest BCUT2D eigenvalue weighted by Crippen LogP contribution is -2.29. The van der Waals surface area contributed by atoms with Gasteiger partial charge in [-0.05, 0) is 49.6 Å². The van der Waals surface area contributed by atoms with E-state index in [-0.39, 0.29) is 22.4 Å². The maximum Gasteiger partial charge on any atom is 0.336 e. The third-order valence-electron chi connectivity index (χ3n) is 6.33. The van der Waals surface area contributed by atoms with Crippen LogP contribution in [0, 0.1) is 18.6 Å². The van der Waals surface area contributed by atoms with Crippen LogP contribution in [0.25, 0.3) is 11.1 Å². The Kier molecular flexibility index (Phi) is 6.12. The van der Waals surface area contributed by atoms with Gasteiger partial charge in [-0.15, -0.1) is 0 Å². The maximum atomic E-state index is 14.3. The molecule has 1 aliphatic rings. The monoisotopic (exact) mass is 486 g/mol. The fraction of sp³-hybridized carbons (Fsp3) is 0.269. The highest BCUT2D eigenvalue weighted by Crippen LogP contribution is 2.50. The Morgan fingerprint density at radius 2 is 1.83 bits per heavy atom. The number of nitrogens with one attached hydrogen (secondary N) is 1. The number of benzene rings is 2. The lowest BCUT2D eigenvalue weighted by molar-refractivity contribution is -0.118. The first-order valence-electron chi connectivity index (χ1n) is 11.0. The number of nitrogens with zero attached hydrogens (tertiary/aromatic N) is 1. The summed E-state index contributed by atoms with van der Waals surface area (Å²) in [5.74, 6) is -6.48. The molecule has 0 saturated heterocycles. The van der Waals surface area contributed by atoms with Crippen molar-refractivity contribution < 1.29 is 32.3 Å². The van der Waals surface area contributed by atoms with E-state index in [4.69, 9.17) is 0 Å². The number of carboxylic acid groups (broad SMARTS) is 1. The number of aromatic carboxylic acids is 1. The molecule has 0 bridgehead atoms. The number of anilines is 1. The van der Waals surface area contributed by atoms with E-state index in [9.17, 15) is 32.3 Å². The third-order valence-corrected chi connectivity index (χ3v) is 6.33. The minimum absolute atomic E-state index is 0.0817. The molecular weight excluding hydrogens is 464 g/mol. The molecule has 182 valence electrons. The summed E-state index contributed by atoms with van der Waals surface area (Å²) in [4.78, 5) is 28.9. The zero-order valence-corrected chi connectivity index (χ0v) is 19.0. The number of hydrogen-bond acceptors (Lipinski definition) is 3. The number of carbonyl (C=O) groups excluding carboxylic acids is 1. The smallest absolute Gasteiger partial charge is 0.336 e. The van der Waals surface area contributed by atoms with E-state index in [0.717, 1.165) is 18.2 Å². The highest BCUT2D eigenvalue weighted by Gasteiger charge is 2.52. The number of carboxylic acids is 1. The second-order valence-electron chi connectivity index (χ2n) is 8.67. The number of carbonyl (C=O) groups is 2. The molecule has 0 unspecified atom stereocenters. The molecule has 1 heterocycles. The van der Waals surface area contributed by atoms with E-state index < -0.39 is 47.0 Å². The molecule has 2 N–H and O–H groups in total. The minimum atomic E-state index is -3.10. The van der Waals surface area contributed by atoms with Gasteiger partial charge >= 0.3 is 5.97 Å². The molecule has 1 fully saturated rings. The molecular formula is C26H22F4N2O3. The van der Waals surface area contributed by atoms with Crippen molar-refractivity contribution in [3.05, 3.63) is 82.7 Å². The summed E-state index contributed by atoms with van der Waals surface area (Å²) >= 11 is 0. The maximum absolute atomic E-state index is 14.3. The molecule has 5 nitrogen and oxygen atoms in total. The Morgan fingerprint density at radius 1 is 1.11 bits per heavy atom. The predicted octanol–water partition coefficient (Wildman–Crippen LogP) is 6.21. The van der Waals surface area contributed by atoms with Crippen LogP contribution >= 0.6 is 0 Å². The number of rotatable bonds is 7. The normalized spacial score (nSPS) is 14.5. The van der Waals surface area contributed by atoms with Crippen LogP contribution in [0.1, 0.15) is 53.4 Å². The van der Waals surface area contributed by atoms with Gasteiger partial charge in [0.2, 0.25) is 5.91 Å². The van der Waals surface area contributed by atoms with Crippen LogP contribution in [0.2, 0.25) is 0 Å². The highest BCUT2D eigenvalue weighted by atomic mass is 19.3. The van der Waals surface area contributed by atoms with Gasteiger partial charge in [-0.2, -0.15) is 8.78 Å². The third kappa shape index (κ3) is 4.50. The summed E-state index contributed by atoms with van der Waals surface area (Å²) in [7, 11) is 0. The summed E-state index contributed by atoms with van der Waals surface area (Å²) < 4.78 is 55.5. The number of pyridine rings is 1. The standard InChI is InChI=1S/C26H22F4N2O3/c1-3-26(29,30)21-7-4-15(13-31-21)22-14(2)10-17(12-18(22)23(33)34)32-24(35)25(8-9-25)19-6-5-16(27)11-20(19)28/h4-7,10-13H,3,8-9H2,1-2H3,(H,32,35)(H,33,34). The van der Waals surface area contributed by atoms with Gasteiger partial charge in [-0.3, -0.25) is 9.78 Å². The van der Waals surface area contributed by atoms with E-state index in [2.05, 4.69) is 10.3 Å². The van der Waals surface area contributed by atoms with E-state index in [1.165, 1.54) is 31.3 Å². The fourth-order valence-electron chi connectivity index (χ4n) is 4.22. The summed E-state index contributed by atoms with van der Waals surface area (Å²) in [6.45, 7) is 2.96. The molecule has 35 heavy (non-hydrogen) atoms. The van der Waals surface area contributed by atoms with Crippen LogP contribution in [0.5, 0.6) is 0 Å². The van der Waals surface area contributed by atoms with Crippen molar-refractivity contribution >= 4 is 17.6 Å². The first-order chi connectivity index (χ1) is 16.5. The van der Waals surface area contributed by atoms with E-state index in [1.54, 1.807) is 13.0 Å². The minimum Gasteiger partial charge on any atom is -0.478 e. The quantitative estimate of drug-likeness (QED) is 0.390. The zero-order chi connectivity index (χ0) is 25.5. The number of alkyl halides is 2. The van der Waals surface area contributed by atoms with Crippen LogP contribution < -0.4 is 5.32 Å². The lowest BCUT2D eigenvalue weighted by Gasteiger charge is -2.19. The Morgan fingerprint density at radius 3 is 2.37 bits per heavy atom.